The number of carbonyl (C=O) groups is 2. The van der Waals surface area contributed by atoms with E-state index in [0.717, 1.165) is 27.7 Å². The van der Waals surface area contributed by atoms with Gasteiger partial charge in [-0.25, -0.2) is 0 Å². The summed E-state index contributed by atoms with van der Waals surface area (Å²) in [7, 11) is 1.57. The molecule has 6 nitrogen and oxygen atoms in total. The number of ether oxygens (including phenoxy) is 2. The Labute approximate surface area is 163 Å². The lowest BCUT2D eigenvalue weighted by atomic mass is 10.0. The third-order valence-electron chi connectivity index (χ3n) is 4.71. The number of hydrogen-bond donors (Lipinski definition) is 1. The second-order valence-corrected chi connectivity index (χ2v) is 6.67. The number of benzene rings is 2. The lowest BCUT2D eigenvalue weighted by molar-refractivity contribution is -0.152. The topological polar surface area (TPSA) is 77.8 Å². The monoisotopic (exact) mass is 381 g/mol. The number of carbonyl (C=O) groups excluding carboxylic acids is 2. The van der Waals surface area contributed by atoms with Crippen LogP contribution in [0.3, 0.4) is 0 Å². The second-order valence-electron chi connectivity index (χ2n) is 6.67. The zero-order chi connectivity index (χ0) is 20.3. The molecule has 1 heterocycles. The van der Waals surface area contributed by atoms with E-state index < -0.39 is 18.0 Å². The Hall–Kier alpha value is -3.28. The number of furan rings is 1. The van der Waals surface area contributed by atoms with E-state index >= 15 is 0 Å². The Morgan fingerprint density at radius 2 is 1.82 bits per heavy atom. The number of aryl methyl sites for hydroxylation is 2. The van der Waals surface area contributed by atoms with Crippen LogP contribution in [0.25, 0.3) is 11.0 Å². The first-order chi connectivity index (χ1) is 13.4. The quantitative estimate of drug-likeness (QED) is 0.649. The van der Waals surface area contributed by atoms with E-state index in [0.29, 0.717) is 11.4 Å². The third kappa shape index (κ3) is 4.17. The standard InChI is InChI=1S/C22H23NO5/c1-13-5-10-19-16(12-27-21(19)14(13)2)11-20(24)28-15(3)22(25)23-17-6-8-18(26-4)9-7-17/h5-10,12,15H,11H2,1-4H3,(H,23,25)/t15-/m0/s1. The van der Waals surface area contributed by atoms with Crippen molar-refractivity contribution in [3.05, 3.63) is 59.4 Å². The molecule has 1 aromatic heterocycles. The van der Waals surface area contributed by atoms with Crippen molar-refractivity contribution in [2.45, 2.75) is 33.3 Å². The molecule has 1 N–H and O–H groups in total. The third-order valence-corrected chi connectivity index (χ3v) is 4.71. The second kappa shape index (κ2) is 8.17. The van der Waals surface area contributed by atoms with Crippen LogP contribution in [0.1, 0.15) is 23.6 Å². The molecule has 3 rings (SSSR count). The number of amides is 1. The Morgan fingerprint density at radius 1 is 1.11 bits per heavy atom. The van der Waals surface area contributed by atoms with E-state index in [-0.39, 0.29) is 6.42 Å². The summed E-state index contributed by atoms with van der Waals surface area (Å²) in [5, 5.41) is 3.59. The minimum Gasteiger partial charge on any atom is -0.497 e. The Kier molecular flexibility index (Phi) is 5.68. The van der Waals surface area contributed by atoms with Crippen LogP contribution in [0.2, 0.25) is 0 Å². The molecule has 0 bridgehead atoms. The van der Waals surface area contributed by atoms with Gasteiger partial charge in [-0.2, -0.15) is 0 Å². The van der Waals surface area contributed by atoms with Crippen LogP contribution >= 0.6 is 0 Å². The van der Waals surface area contributed by atoms with E-state index in [1.807, 2.05) is 26.0 Å². The van der Waals surface area contributed by atoms with Gasteiger partial charge in [0.25, 0.3) is 5.91 Å². The molecule has 1 amide bonds. The summed E-state index contributed by atoms with van der Waals surface area (Å²) >= 11 is 0. The summed E-state index contributed by atoms with van der Waals surface area (Å²) in [5.74, 6) is -0.199. The number of hydrogen-bond acceptors (Lipinski definition) is 5. The fraction of sp³-hybridized carbons (Fsp3) is 0.273. The zero-order valence-electron chi connectivity index (χ0n) is 16.4. The molecule has 0 spiro atoms. The van der Waals surface area contributed by atoms with Crippen LogP contribution in [-0.4, -0.2) is 25.1 Å². The first-order valence-electron chi connectivity index (χ1n) is 8.99. The molecule has 146 valence electrons. The molecule has 0 aliphatic carbocycles. The van der Waals surface area contributed by atoms with E-state index in [1.54, 1.807) is 37.6 Å². The van der Waals surface area contributed by atoms with Gasteiger partial charge in [-0.15, -0.1) is 0 Å². The highest BCUT2D eigenvalue weighted by atomic mass is 16.5. The lowest BCUT2D eigenvalue weighted by Gasteiger charge is -2.13. The van der Waals surface area contributed by atoms with Gasteiger partial charge in [0, 0.05) is 16.6 Å². The highest BCUT2D eigenvalue weighted by Crippen LogP contribution is 2.27. The molecule has 2 aromatic carbocycles. The molecule has 0 fully saturated rings. The van der Waals surface area contributed by atoms with Crippen molar-refractivity contribution in [3.8, 4) is 5.75 Å². The molecule has 0 saturated carbocycles. The van der Waals surface area contributed by atoms with Gasteiger partial charge in [0.05, 0.1) is 19.8 Å². The smallest absolute Gasteiger partial charge is 0.311 e. The molecular weight excluding hydrogens is 358 g/mol. The maximum Gasteiger partial charge on any atom is 0.311 e. The summed E-state index contributed by atoms with van der Waals surface area (Å²) in [6, 6.07) is 10.8. The maximum atomic E-state index is 12.3. The highest BCUT2D eigenvalue weighted by molar-refractivity contribution is 5.95. The molecule has 0 aliphatic rings. The number of methoxy groups -OCH3 is 1. The Bertz CT molecular complexity index is 1000. The summed E-state index contributed by atoms with van der Waals surface area (Å²) in [4.78, 5) is 24.6. The van der Waals surface area contributed by atoms with Gasteiger partial charge in [0.1, 0.15) is 11.3 Å². The number of nitrogens with one attached hydrogen (secondary N) is 1. The van der Waals surface area contributed by atoms with E-state index in [2.05, 4.69) is 5.32 Å². The molecule has 1 atom stereocenters. The molecule has 0 unspecified atom stereocenters. The maximum absolute atomic E-state index is 12.3. The SMILES string of the molecule is COc1ccc(NC(=O)[C@H](C)OC(=O)Cc2coc3c(C)c(C)ccc23)cc1. The molecule has 28 heavy (non-hydrogen) atoms. The van der Waals surface area contributed by atoms with Crippen LogP contribution in [0.5, 0.6) is 5.75 Å². The van der Waals surface area contributed by atoms with Crippen molar-refractivity contribution < 1.29 is 23.5 Å². The molecule has 0 radical (unpaired) electrons. The Morgan fingerprint density at radius 3 is 2.50 bits per heavy atom. The van der Waals surface area contributed by atoms with Gasteiger partial charge < -0.3 is 19.2 Å². The van der Waals surface area contributed by atoms with Crippen molar-refractivity contribution in [2.75, 3.05) is 12.4 Å². The van der Waals surface area contributed by atoms with E-state index in [1.165, 1.54) is 6.92 Å². The van der Waals surface area contributed by atoms with Crippen molar-refractivity contribution in [3.63, 3.8) is 0 Å². The van der Waals surface area contributed by atoms with Crippen LogP contribution in [0, 0.1) is 13.8 Å². The summed E-state index contributed by atoms with van der Waals surface area (Å²) in [6.07, 6.45) is 0.688. The van der Waals surface area contributed by atoms with Crippen LogP contribution in [-0.2, 0) is 20.7 Å². The predicted molar refractivity (Wildman–Crippen MR) is 107 cm³/mol. The fourth-order valence-corrected chi connectivity index (χ4v) is 2.89. The minimum absolute atomic E-state index is 0.0374. The number of anilines is 1. The molecule has 0 aliphatic heterocycles. The van der Waals surface area contributed by atoms with Crippen LogP contribution in [0.15, 0.2) is 47.1 Å². The fourth-order valence-electron chi connectivity index (χ4n) is 2.89. The average molecular weight is 381 g/mol. The lowest BCUT2D eigenvalue weighted by Crippen LogP contribution is -2.30. The van der Waals surface area contributed by atoms with Crippen LogP contribution < -0.4 is 10.1 Å². The van der Waals surface area contributed by atoms with Crippen molar-refractivity contribution in [1.82, 2.24) is 0 Å². The van der Waals surface area contributed by atoms with E-state index in [4.69, 9.17) is 13.9 Å². The predicted octanol–water partition coefficient (Wildman–Crippen LogP) is 4.17. The zero-order valence-corrected chi connectivity index (χ0v) is 16.4. The number of esters is 1. The van der Waals surface area contributed by atoms with Gasteiger partial charge in [0.2, 0.25) is 0 Å². The highest BCUT2D eigenvalue weighted by Gasteiger charge is 2.20. The number of fused-ring (bicyclic) bond motifs is 1. The molecule has 6 heteroatoms. The van der Waals surface area contributed by atoms with E-state index in [9.17, 15) is 9.59 Å². The largest absolute Gasteiger partial charge is 0.497 e. The van der Waals surface area contributed by atoms with Gasteiger partial charge in [-0.05, 0) is 56.2 Å². The van der Waals surface area contributed by atoms with Gasteiger partial charge in [-0.1, -0.05) is 12.1 Å². The first-order valence-corrected chi connectivity index (χ1v) is 8.99. The van der Waals surface area contributed by atoms with Gasteiger partial charge in [-0.3, -0.25) is 9.59 Å². The van der Waals surface area contributed by atoms with Crippen molar-refractivity contribution in [1.29, 1.82) is 0 Å². The first kappa shape index (κ1) is 19.5. The molecule has 0 saturated heterocycles. The van der Waals surface area contributed by atoms with Crippen molar-refractivity contribution >= 4 is 28.5 Å². The number of rotatable bonds is 6. The summed E-state index contributed by atoms with van der Waals surface area (Å²) < 4.78 is 16.0. The minimum atomic E-state index is -0.920. The molecule has 3 aromatic rings. The average Bonchev–Trinajstić information content (AvgIpc) is 3.08. The van der Waals surface area contributed by atoms with Gasteiger partial charge >= 0.3 is 5.97 Å². The molecular formula is C22H23NO5. The summed E-state index contributed by atoms with van der Waals surface area (Å²) in [6.45, 7) is 5.53. The normalized spacial score (nSPS) is 11.9. The van der Waals surface area contributed by atoms with Gasteiger partial charge in [0.15, 0.2) is 6.10 Å². The Balaban J connectivity index is 1.61. The summed E-state index contributed by atoms with van der Waals surface area (Å²) in [5.41, 5.74) is 4.28. The van der Waals surface area contributed by atoms with Crippen LogP contribution in [0.4, 0.5) is 5.69 Å². The van der Waals surface area contributed by atoms with Crippen molar-refractivity contribution in [2.24, 2.45) is 0 Å².